The van der Waals surface area contributed by atoms with Gasteiger partial charge in [0, 0.05) is 4.86 Å². The van der Waals surface area contributed by atoms with Crippen LogP contribution in [0.4, 0.5) is 0 Å². The minimum atomic E-state index is -1.05. The zero-order valence-corrected chi connectivity index (χ0v) is 5.94. The van der Waals surface area contributed by atoms with E-state index in [4.69, 9.17) is 10.8 Å². The molecule has 1 atom stereocenters. The molecule has 0 spiro atoms. The van der Waals surface area contributed by atoms with Crippen molar-refractivity contribution in [2.24, 2.45) is 5.73 Å². The molecule has 0 rings (SSSR count). The molecule has 0 bridgehead atoms. The van der Waals surface area contributed by atoms with Crippen LogP contribution in [0.2, 0.25) is 0 Å². The normalized spacial score (nSPS) is 12.7. The summed E-state index contributed by atoms with van der Waals surface area (Å²) >= 11 is 4.65. The summed E-state index contributed by atoms with van der Waals surface area (Å²) in [7, 11) is 0. The summed E-state index contributed by atoms with van der Waals surface area (Å²) in [5.41, 5.74) is 5.13. The quantitative estimate of drug-likeness (QED) is 0.559. The highest BCUT2D eigenvalue weighted by Crippen LogP contribution is 1.90. The van der Waals surface area contributed by atoms with Gasteiger partial charge >= 0.3 is 5.97 Å². The Morgan fingerprint density at radius 2 is 2.33 bits per heavy atom. The van der Waals surface area contributed by atoms with Gasteiger partial charge in [0.1, 0.15) is 6.04 Å². The third-order valence-electron chi connectivity index (χ3n) is 0.961. The van der Waals surface area contributed by atoms with Crippen LogP contribution in [-0.2, 0) is 4.79 Å². The third-order valence-corrected chi connectivity index (χ3v) is 1.50. The van der Waals surface area contributed by atoms with Gasteiger partial charge in [0.25, 0.3) is 0 Å². The van der Waals surface area contributed by atoms with E-state index in [1.165, 1.54) is 0 Å². The summed E-state index contributed by atoms with van der Waals surface area (Å²) in [6.07, 6.45) is 0.544. The topological polar surface area (TPSA) is 63.3 Å². The first kappa shape index (κ1) is 8.52. The summed E-state index contributed by atoms with van der Waals surface area (Å²) in [6, 6.07) is -0.968. The Morgan fingerprint density at radius 3 is 2.44 bits per heavy atom. The smallest absolute Gasteiger partial charge is 0.325 e. The molecule has 3 nitrogen and oxygen atoms in total. The van der Waals surface area contributed by atoms with E-state index >= 15 is 0 Å². The first-order valence-corrected chi connectivity index (χ1v) is 3.01. The molecule has 0 amide bonds. The SMILES string of the molecule is CCC(=S)C(N)C(=O)O. The van der Waals surface area contributed by atoms with E-state index in [1.807, 2.05) is 0 Å². The molecule has 0 aromatic heterocycles. The molecule has 0 fully saturated rings. The highest BCUT2D eigenvalue weighted by Gasteiger charge is 2.14. The van der Waals surface area contributed by atoms with Crippen molar-refractivity contribution in [1.29, 1.82) is 0 Å². The van der Waals surface area contributed by atoms with E-state index in [2.05, 4.69) is 12.2 Å². The predicted octanol–water partition coefficient (Wildman–Crippen LogP) is 0.178. The fourth-order valence-electron chi connectivity index (χ4n) is 0.358. The van der Waals surface area contributed by atoms with Gasteiger partial charge in [-0.25, -0.2) is 0 Å². The van der Waals surface area contributed by atoms with Crippen LogP contribution in [0.25, 0.3) is 0 Å². The molecule has 0 heterocycles. The first-order chi connectivity index (χ1) is 4.09. The van der Waals surface area contributed by atoms with Crippen LogP contribution in [0.5, 0.6) is 0 Å². The molecule has 0 saturated heterocycles. The maximum absolute atomic E-state index is 10.1. The summed E-state index contributed by atoms with van der Waals surface area (Å²) in [5, 5.41) is 8.27. The highest BCUT2D eigenvalue weighted by atomic mass is 32.1. The highest BCUT2D eigenvalue weighted by molar-refractivity contribution is 7.80. The van der Waals surface area contributed by atoms with E-state index in [-0.39, 0.29) is 0 Å². The predicted molar refractivity (Wildman–Crippen MR) is 38.5 cm³/mol. The van der Waals surface area contributed by atoms with Crippen molar-refractivity contribution in [1.82, 2.24) is 0 Å². The molecule has 3 N–H and O–H groups in total. The molecule has 9 heavy (non-hydrogen) atoms. The molecular weight excluding hydrogens is 138 g/mol. The van der Waals surface area contributed by atoms with E-state index in [0.717, 1.165) is 0 Å². The van der Waals surface area contributed by atoms with Crippen LogP contribution < -0.4 is 5.73 Å². The van der Waals surface area contributed by atoms with Gasteiger partial charge in [-0.1, -0.05) is 19.1 Å². The number of rotatable bonds is 3. The second-order valence-electron chi connectivity index (χ2n) is 1.64. The van der Waals surface area contributed by atoms with Gasteiger partial charge in [-0.15, -0.1) is 0 Å². The van der Waals surface area contributed by atoms with Crippen LogP contribution in [0, 0.1) is 0 Å². The lowest BCUT2D eigenvalue weighted by Gasteiger charge is -2.03. The van der Waals surface area contributed by atoms with Crippen LogP contribution in [0.3, 0.4) is 0 Å². The molecule has 0 aromatic carbocycles. The second-order valence-corrected chi connectivity index (χ2v) is 2.16. The molecule has 1 unspecified atom stereocenters. The largest absolute Gasteiger partial charge is 0.480 e. The number of aliphatic carboxylic acids is 1. The minimum absolute atomic E-state index is 0.391. The third kappa shape index (κ3) is 2.53. The lowest BCUT2D eigenvalue weighted by atomic mass is 10.2. The fourth-order valence-corrected chi connectivity index (χ4v) is 0.458. The average molecular weight is 147 g/mol. The number of thiocarbonyl (C=S) groups is 1. The molecule has 0 aromatic rings. The molecule has 0 aliphatic heterocycles. The number of hydrogen-bond acceptors (Lipinski definition) is 3. The van der Waals surface area contributed by atoms with Crippen molar-refractivity contribution in [2.45, 2.75) is 19.4 Å². The van der Waals surface area contributed by atoms with Gasteiger partial charge in [0.2, 0.25) is 0 Å². The maximum atomic E-state index is 10.1. The average Bonchev–Trinajstić information content (AvgIpc) is 1.84. The summed E-state index contributed by atoms with van der Waals surface area (Å²) in [5.74, 6) is -1.05. The number of carbonyl (C=O) groups is 1. The van der Waals surface area contributed by atoms with Gasteiger partial charge in [-0.3, -0.25) is 4.79 Å². The number of hydrogen-bond donors (Lipinski definition) is 2. The Bertz CT molecular complexity index is 135. The molecule has 52 valence electrons. The van der Waals surface area contributed by atoms with Crippen LogP contribution in [0.1, 0.15) is 13.3 Å². The van der Waals surface area contributed by atoms with Crippen LogP contribution in [0.15, 0.2) is 0 Å². The van der Waals surface area contributed by atoms with Crippen LogP contribution in [-0.4, -0.2) is 22.0 Å². The van der Waals surface area contributed by atoms with Crippen molar-refractivity contribution < 1.29 is 9.90 Å². The molecule has 0 aliphatic rings. The van der Waals surface area contributed by atoms with Crippen LogP contribution >= 0.6 is 12.2 Å². The Kier molecular flexibility index (Phi) is 3.34. The van der Waals surface area contributed by atoms with Crippen molar-refractivity contribution in [3.05, 3.63) is 0 Å². The lowest BCUT2D eigenvalue weighted by Crippen LogP contribution is -2.36. The summed E-state index contributed by atoms with van der Waals surface area (Å²) in [6.45, 7) is 1.78. The van der Waals surface area contributed by atoms with Crippen molar-refractivity contribution >= 4 is 23.1 Å². The van der Waals surface area contributed by atoms with E-state index in [1.54, 1.807) is 6.92 Å². The standard InChI is InChI=1S/C5H9NO2S/c1-2-3(9)4(6)5(7)8/h4H,2,6H2,1H3,(H,7,8). The van der Waals surface area contributed by atoms with E-state index < -0.39 is 12.0 Å². The summed E-state index contributed by atoms with van der Waals surface area (Å²) < 4.78 is 0. The maximum Gasteiger partial charge on any atom is 0.325 e. The minimum Gasteiger partial charge on any atom is -0.480 e. The monoisotopic (exact) mass is 147 g/mol. The Morgan fingerprint density at radius 1 is 1.89 bits per heavy atom. The van der Waals surface area contributed by atoms with Gasteiger partial charge in [0.05, 0.1) is 0 Å². The van der Waals surface area contributed by atoms with Crippen molar-refractivity contribution in [2.75, 3.05) is 0 Å². The molecule has 0 saturated carbocycles. The van der Waals surface area contributed by atoms with Gasteiger partial charge in [-0.05, 0) is 6.42 Å². The Balaban J connectivity index is 3.88. The van der Waals surface area contributed by atoms with Gasteiger partial charge in [0.15, 0.2) is 0 Å². The van der Waals surface area contributed by atoms with Gasteiger partial charge in [-0.2, -0.15) is 0 Å². The molecule has 0 radical (unpaired) electrons. The lowest BCUT2D eigenvalue weighted by molar-refractivity contribution is -0.136. The Labute approximate surface area is 58.9 Å². The van der Waals surface area contributed by atoms with Gasteiger partial charge < -0.3 is 10.8 Å². The Hall–Kier alpha value is -0.480. The van der Waals surface area contributed by atoms with Crippen molar-refractivity contribution in [3.8, 4) is 0 Å². The number of carboxylic acids is 1. The molecule has 4 heteroatoms. The first-order valence-electron chi connectivity index (χ1n) is 2.60. The number of nitrogens with two attached hydrogens (primary N) is 1. The van der Waals surface area contributed by atoms with E-state index in [9.17, 15) is 4.79 Å². The molecule has 0 aliphatic carbocycles. The molecular formula is C5H9NO2S. The summed E-state index contributed by atoms with van der Waals surface area (Å²) in [4.78, 5) is 10.5. The zero-order valence-electron chi connectivity index (χ0n) is 5.13. The fraction of sp³-hybridized carbons (Fsp3) is 0.600. The van der Waals surface area contributed by atoms with E-state index in [0.29, 0.717) is 11.3 Å². The second kappa shape index (κ2) is 3.53. The zero-order chi connectivity index (χ0) is 7.44. The number of carboxylic acid groups (broad SMARTS) is 1. The van der Waals surface area contributed by atoms with Crippen molar-refractivity contribution in [3.63, 3.8) is 0 Å².